The van der Waals surface area contributed by atoms with Gasteiger partial charge in [-0.3, -0.25) is 9.69 Å². The monoisotopic (exact) mass is 267 g/mol. The van der Waals surface area contributed by atoms with Crippen LogP contribution in [0.3, 0.4) is 0 Å². The molecule has 1 amide bonds. The number of nitrogens with zero attached hydrogens (tertiary/aromatic N) is 2. The maximum atomic E-state index is 12.0. The summed E-state index contributed by atoms with van der Waals surface area (Å²) >= 11 is 0. The first-order valence-corrected chi connectivity index (χ1v) is 7.21. The van der Waals surface area contributed by atoms with Crippen molar-refractivity contribution < 1.29 is 9.90 Å². The highest BCUT2D eigenvalue weighted by molar-refractivity contribution is 5.79. The maximum absolute atomic E-state index is 12.0. The van der Waals surface area contributed by atoms with E-state index in [0.717, 1.165) is 45.1 Å². The minimum Gasteiger partial charge on any atom is -0.395 e. The number of nitriles is 1. The van der Waals surface area contributed by atoms with Crippen LogP contribution >= 0.6 is 0 Å². The Morgan fingerprint density at radius 3 is 2.58 bits per heavy atom. The lowest BCUT2D eigenvalue weighted by Gasteiger charge is -2.32. The number of aliphatic hydroxyl groups is 1. The highest BCUT2D eigenvalue weighted by atomic mass is 16.3. The lowest BCUT2D eigenvalue weighted by molar-refractivity contribution is -0.124. The SMILES string of the molecule is CCCN(CCO)CC(=O)NC1(C#N)CCCCC1. The van der Waals surface area contributed by atoms with Crippen molar-refractivity contribution in [1.29, 1.82) is 5.26 Å². The lowest BCUT2D eigenvalue weighted by Crippen LogP contribution is -2.51. The third-order valence-electron chi connectivity index (χ3n) is 3.62. The van der Waals surface area contributed by atoms with Crippen molar-refractivity contribution in [3.8, 4) is 6.07 Å². The minimum atomic E-state index is -0.660. The minimum absolute atomic E-state index is 0.0523. The number of carbonyl (C=O) groups excluding carboxylic acids is 1. The van der Waals surface area contributed by atoms with Gasteiger partial charge in [0.1, 0.15) is 5.54 Å². The summed E-state index contributed by atoms with van der Waals surface area (Å²) in [6.45, 7) is 3.64. The Hall–Kier alpha value is -1.12. The van der Waals surface area contributed by atoms with Gasteiger partial charge in [0.25, 0.3) is 0 Å². The highest BCUT2D eigenvalue weighted by Gasteiger charge is 2.33. The third-order valence-corrected chi connectivity index (χ3v) is 3.62. The van der Waals surface area contributed by atoms with Gasteiger partial charge in [0.2, 0.25) is 5.91 Å². The molecule has 0 bridgehead atoms. The molecule has 0 saturated heterocycles. The van der Waals surface area contributed by atoms with Gasteiger partial charge in [0.05, 0.1) is 19.2 Å². The van der Waals surface area contributed by atoms with Crippen molar-refractivity contribution in [3.63, 3.8) is 0 Å². The van der Waals surface area contributed by atoms with Crippen molar-refractivity contribution in [2.45, 2.75) is 51.0 Å². The van der Waals surface area contributed by atoms with Crippen molar-refractivity contribution in [2.75, 3.05) is 26.2 Å². The van der Waals surface area contributed by atoms with E-state index in [4.69, 9.17) is 5.11 Å². The zero-order valence-corrected chi connectivity index (χ0v) is 11.8. The lowest BCUT2D eigenvalue weighted by atomic mass is 9.83. The molecular weight excluding hydrogens is 242 g/mol. The fourth-order valence-corrected chi connectivity index (χ4v) is 2.66. The first kappa shape index (κ1) is 15.9. The topological polar surface area (TPSA) is 76.4 Å². The highest BCUT2D eigenvalue weighted by Crippen LogP contribution is 2.27. The average molecular weight is 267 g/mol. The van der Waals surface area contributed by atoms with E-state index >= 15 is 0 Å². The van der Waals surface area contributed by atoms with E-state index < -0.39 is 5.54 Å². The Labute approximate surface area is 115 Å². The first-order chi connectivity index (χ1) is 9.15. The van der Waals surface area contributed by atoms with Crippen LogP contribution in [0.5, 0.6) is 0 Å². The number of carbonyl (C=O) groups is 1. The van der Waals surface area contributed by atoms with E-state index in [-0.39, 0.29) is 19.1 Å². The Morgan fingerprint density at radius 1 is 1.37 bits per heavy atom. The molecule has 5 heteroatoms. The average Bonchev–Trinajstić information content (AvgIpc) is 2.40. The summed E-state index contributed by atoms with van der Waals surface area (Å²) in [4.78, 5) is 14.0. The van der Waals surface area contributed by atoms with Crippen LogP contribution in [0.4, 0.5) is 0 Å². The summed E-state index contributed by atoms with van der Waals surface area (Å²) in [5, 5.41) is 21.2. The summed E-state index contributed by atoms with van der Waals surface area (Å²) < 4.78 is 0. The van der Waals surface area contributed by atoms with E-state index in [1.165, 1.54) is 0 Å². The number of amides is 1. The van der Waals surface area contributed by atoms with Gasteiger partial charge in [-0.05, 0) is 25.8 Å². The molecule has 5 nitrogen and oxygen atoms in total. The maximum Gasteiger partial charge on any atom is 0.235 e. The summed E-state index contributed by atoms with van der Waals surface area (Å²) in [5.74, 6) is -0.106. The van der Waals surface area contributed by atoms with Crippen LogP contribution in [0.25, 0.3) is 0 Å². The van der Waals surface area contributed by atoms with Gasteiger partial charge in [-0.15, -0.1) is 0 Å². The normalized spacial score (nSPS) is 18.0. The van der Waals surface area contributed by atoms with E-state index in [2.05, 4.69) is 11.4 Å². The van der Waals surface area contributed by atoms with Gasteiger partial charge < -0.3 is 10.4 Å². The standard InChI is InChI=1S/C14H25N3O2/c1-2-8-17(9-10-18)11-13(19)16-14(12-15)6-4-3-5-7-14/h18H,2-11H2,1H3,(H,16,19). The van der Waals surface area contributed by atoms with Crippen LogP contribution in [-0.4, -0.2) is 47.7 Å². The molecule has 108 valence electrons. The molecule has 0 aromatic heterocycles. The molecule has 19 heavy (non-hydrogen) atoms. The Kier molecular flexibility index (Phi) is 6.82. The van der Waals surface area contributed by atoms with E-state index in [9.17, 15) is 10.1 Å². The second kappa shape index (κ2) is 8.13. The molecule has 0 aromatic rings. The molecule has 0 unspecified atom stereocenters. The fraction of sp³-hybridized carbons (Fsp3) is 0.857. The molecule has 0 aromatic carbocycles. The van der Waals surface area contributed by atoms with E-state index in [1.807, 2.05) is 11.8 Å². The fourth-order valence-electron chi connectivity index (χ4n) is 2.66. The van der Waals surface area contributed by atoms with Crippen molar-refractivity contribution in [2.24, 2.45) is 0 Å². The zero-order valence-electron chi connectivity index (χ0n) is 11.8. The Bertz CT molecular complexity index is 313. The van der Waals surface area contributed by atoms with Crippen molar-refractivity contribution in [3.05, 3.63) is 0 Å². The molecule has 0 spiro atoms. The van der Waals surface area contributed by atoms with Crippen LogP contribution in [-0.2, 0) is 4.79 Å². The van der Waals surface area contributed by atoms with E-state index in [1.54, 1.807) is 0 Å². The summed E-state index contributed by atoms with van der Waals surface area (Å²) in [7, 11) is 0. The molecule has 2 N–H and O–H groups in total. The van der Waals surface area contributed by atoms with Gasteiger partial charge in [0.15, 0.2) is 0 Å². The number of aliphatic hydroxyl groups excluding tert-OH is 1. The molecule has 1 saturated carbocycles. The van der Waals surface area contributed by atoms with Crippen LogP contribution in [0.2, 0.25) is 0 Å². The van der Waals surface area contributed by atoms with Gasteiger partial charge in [-0.2, -0.15) is 5.26 Å². The smallest absolute Gasteiger partial charge is 0.235 e. The zero-order chi connectivity index (χ0) is 14.1. The number of nitrogens with one attached hydrogen (secondary N) is 1. The van der Waals surface area contributed by atoms with Crippen LogP contribution in [0.15, 0.2) is 0 Å². The second-order valence-electron chi connectivity index (χ2n) is 5.30. The van der Waals surface area contributed by atoms with Crippen molar-refractivity contribution >= 4 is 5.91 Å². The third kappa shape index (κ3) is 5.17. The van der Waals surface area contributed by atoms with Crippen LogP contribution in [0, 0.1) is 11.3 Å². The Morgan fingerprint density at radius 2 is 2.05 bits per heavy atom. The quantitative estimate of drug-likeness (QED) is 0.722. The molecular formula is C14H25N3O2. The summed E-state index contributed by atoms with van der Waals surface area (Å²) in [5.41, 5.74) is -0.660. The molecule has 1 fully saturated rings. The summed E-state index contributed by atoms with van der Waals surface area (Å²) in [6.07, 6.45) is 5.60. The molecule has 1 rings (SSSR count). The van der Waals surface area contributed by atoms with Crippen molar-refractivity contribution in [1.82, 2.24) is 10.2 Å². The largest absolute Gasteiger partial charge is 0.395 e. The molecule has 1 aliphatic rings. The first-order valence-electron chi connectivity index (χ1n) is 7.21. The van der Waals surface area contributed by atoms with Gasteiger partial charge in [-0.25, -0.2) is 0 Å². The summed E-state index contributed by atoms with van der Waals surface area (Å²) in [6, 6.07) is 2.29. The van der Waals surface area contributed by atoms with Gasteiger partial charge in [-0.1, -0.05) is 26.2 Å². The van der Waals surface area contributed by atoms with Crippen LogP contribution in [0.1, 0.15) is 45.4 Å². The number of rotatable bonds is 7. The van der Waals surface area contributed by atoms with Gasteiger partial charge >= 0.3 is 0 Å². The van der Waals surface area contributed by atoms with E-state index in [0.29, 0.717) is 6.54 Å². The predicted molar refractivity (Wildman–Crippen MR) is 73.4 cm³/mol. The molecule has 0 heterocycles. The second-order valence-corrected chi connectivity index (χ2v) is 5.30. The number of hydrogen-bond donors (Lipinski definition) is 2. The molecule has 1 aliphatic carbocycles. The number of hydrogen-bond acceptors (Lipinski definition) is 4. The molecule has 0 atom stereocenters. The predicted octanol–water partition coefficient (Wildman–Crippen LogP) is 1.03. The molecule has 0 radical (unpaired) electrons. The van der Waals surface area contributed by atoms with Crippen LogP contribution < -0.4 is 5.32 Å². The Balaban J connectivity index is 2.50. The van der Waals surface area contributed by atoms with Gasteiger partial charge in [0, 0.05) is 6.54 Å². The molecule has 0 aliphatic heterocycles.